The number of nitrogens with one attached hydrogen (secondary N) is 1. The van der Waals surface area contributed by atoms with Gasteiger partial charge < -0.3 is 15.2 Å². The molecule has 0 amide bonds. The SMILES string of the molecule is COCc1ccc(C(C(=O)O)N2CCNCC2)cc1. The number of carbonyl (C=O) groups is 1. The van der Waals surface area contributed by atoms with Gasteiger partial charge in [-0.25, -0.2) is 0 Å². The van der Waals surface area contributed by atoms with Gasteiger partial charge in [-0.1, -0.05) is 24.3 Å². The molecule has 1 aliphatic rings. The number of carboxylic acid groups (broad SMARTS) is 1. The van der Waals surface area contributed by atoms with Crippen molar-refractivity contribution < 1.29 is 14.6 Å². The summed E-state index contributed by atoms with van der Waals surface area (Å²) in [4.78, 5) is 13.5. The summed E-state index contributed by atoms with van der Waals surface area (Å²) in [6.45, 7) is 3.75. The second kappa shape index (κ2) is 6.65. The van der Waals surface area contributed by atoms with E-state index >= 15 is 0 Å². The number of hydrogen-bond acceptors (Lipinski definition) is 4. The van der Waals surface area contributed by atoms with Gasteiger partial charge in [0.2, 0.25) is 0 Å². The van der Waals surface area contributed by atoms with Gasteiger partial charge in [-0.3, -0.25) is 9.69 Å². The fourth-order valence-electron chi connectivity index (χ4n) is 2.41. The van der Waals surface area contributed by atoms with E-state index in [1.165, 1.54) is 0 Å². The third-order valence-corrected chi connectivity index (χ3v) is 3.36. The first-order chi connectivity index (χ1) is 9.22. The van der Waals surface area contributed by atoms with Crippen LogP contribution in [0.3, 0.4) is 0 Å². The Kier molecular flexibility index (Phi) is 4.90. The average molecular weight is 264 g/mol. The molecule has 0 saturated carbocycles. The highest BCUT2D eigenvalue weighted by Gasteiger charge is 2.28. The minimum atomic E-state index is -0.790. The van der Waals surface area contributed by atoms with Gasteiger partial charge in [0.15, 0.2) is 0 Å². The second-order valence-corrected chi connectivity index (χ2v) is 4.70. The molecule has 1 aromatic rings. The standard InChI is InChI=1S/C14H20N2O3/c1-19-10-11-2-4-12(5-3-11)13(14(17)18)16-8-6-15-7-9-16/h2-5,13,15H,6-10H2,1H3,(H,17,18). The van der Waals surface area contributed by atoms with Crippen molar-refractivity contribution >= 4 is 5.97 Å². The van der Waals surface area contributed by atoms with Crippen LogP contribution in [-0.2, 0) is 16.1 Å². The van der Waals surface area contributed by atoms with E-state index in [9.17, 15) is 9.90 Å². The predicted molar refractivity (Wildman–Crippen MR) is 72.0 cm³/mol. The number of piperazine rings is 1. The summed E-state index contributed by atoms with van der Waals surface area (Å²) < 4.78 is 5.06. The molecule has 1 heterocycles. The van der Waals surface area contributed by atoms with E-state index in [4.69, 9.17) is 4.74 Å². The quantitative estimate of drug-likeness (QED) is 0.826. The van der Waals surface area contributed by atoms with Gasteiger partial charge in [0.05, 0.1) is 6.61 Å². The van der Waals surface area contributed by atoms with Gasteiger partial charge in [-0.2, -0.15) is 0 Å². The van der Waals surface area contributed by atoms with Crippen LogP contribution >= 0.6 is 0 Å². The van der Waals surface area contributed by atoms with Crippen molar-refractivity contribution in [3.05, 3.63) is 35.4 Å². The van der Waals surface area contributed by atoms with Crippen LogP contribution in [0.4, 0.5) is 0 Å². The van der Waals surface area contributed by atoms with Crippen molar-refractivity contribution in [2.75, 3.05) is 33.3 Å². The normalized spacial score (nSPS) is 18.2. The Bertz CT molecular complexity index is 413. The first-order valence-electron chi connectivity index (χ1n) is 6.47. The zero-order valence-corrected chi connectivity index (χ0v) is 11.1. The average Bonchev–Trinajstić information content (AvgIpc) is 2.42. The van der Waals surface area contributed by atoms with Crippen molar-refractivity contribution in [3.8, 4) is 0 Å². The maximum atomic E-state index is 11.5. The zero-order chi connectivity index (χ0) is 13.7. The summed E-state index contributed by atoms with van der Waals surface area (Å²) in [6, 6.07) is 7.07. The molecule has 2 N–H and O–H groups in total. The smallest absolute Gasteiger partial charge is 0.325 e. The van der Waals surface area contributed by atoms with E-state index in [0.717, 1.165) is 37.3 Å². The van der Waals surface area contributed by atoms with Crippen LogP contribution in [0.2, 0.25) is 0 Å². The number of nitrogens with zero attached hydrogens (tertiary/aromatic N) is 1. The highest BCUT2D eigenvalue weighted by molar-refractivity contribution is 5.75. The van der Waals surface area contributed by atoms with E-state index in [0.29, 0.717) is 6.61 Å². The Morgan fingerprint density at radius 2 is 2.00 bits per heavy atom. The van der Waals surface area contributed by atoms with Crippen LogP contribution in [0, 0.1) is 0 Å². The van der Waals surface area contributed by atoms with Crippen molar-refractivity contribution in [2.45, 2.75) is 12.6 Å². The maximum absolute atomic E-state index is 11.5. The molecule has 2 rings (SSSR count). The summed E-state index contributed by atoms with van der Waals surface area (Å²) in [7, 11) is 1.65. The second-order valence-electron chi connectivity index (χ2n) is 4.70. The largest absolute Gasteiger partial charge is 0.480 e. The van der Waals surface area contributed by atoms with E-state index in [2.05, 4.69) is 5.32 Å². The topological polar surface area (TPSA) is 61.8 Å². The summed E-state index contributed by atoms with van der Waals surface area (Å²) in [6.07, 6.45) is 0. The molecule has 0 bridgehead atoms. The molecule has 5 heteroatoms. The number of ether oxygens (including phenoxy) is 1. The van der Waals surface area contributed by atoms with E-state index in [1.807, 2.05) is 29.2 Å². The molecule has 0 aliphatic carbocycles. The monoisotopic (exact) mass is 264 g/mol. The summed E-state index contributed by atoms with van der Waals surface area (Å²) in [5.74, 6) is -0.790. The van der Waals surface area contributed by atoms with Crippen LogP contribution in [0.15, 0.2) is 24.3 Å². The van der Waals surface area contributed by atoms with Crippen LogP contribution in [0.5, 0.6) is 0 Å². The lowest BCUT2D eigenvalue weighted by Crippen LogP contribution is -2.47. The van der Waals surface area contributed by atoms with Gasteiger partial charge >= 0.3 is 5.97 Å². The molecule has 1 fully saturated rings. The number of carboxylic acids is 1. The molecule has 1 aromatic carbocycles. The Hall–Kier alpha value is -1.43. The minimum Gasteiger partial charge on any atom is -0.480 e. The van der Waals surface area contributed by atoms with Gasteiger partial charge in [0.1, 0.15) is 6.04 Å². The molecular weight excluding hydrogens is 244 g/mol. The van der Waals surface area contributed by atoms with Crippen LogP contribution < -0.4 is 5.32 Å². The van der Waals surface area contributed by atoms with E-state index in [-0.39, 0.29) is 0 Å². The Balaban J connectivity index is 2.15. The maximum Gasteiger partial charge on any atom is 0.325 e. The molecule has 1 saturated heterocycles. The van der Waals surface area contributed by atoms with Gasteiger partial charge in [0, 0.05) is 33.3 Å². The Morgan fingerprint density at radius 3 is 2.53 bits per heavy atom. The molecule has 0 spiro atoms. The zero-order valence-electron chi connectivity index (χ0n) is 11.1. The van der Waals surface area contributed by atoms with Crippen molar-refractivity contribution in [2.24, 2.45) is 0 Å². The Morgan fingerprint density at radius 1 is 1.37 bits per heavy atom. The van der Waals surface area contributed by atoms with E-state index in [1.54, 1.807) is 7.11 Å². The van der Waals surface area contributed by atoms with Crippen LogP contribution in [-0.4, -0.2) is 49.3 Å². The molecule has 5 nitrogen and oxygen atoms in total. The summed E-state index contributed by atoms with van der Waals surface area (Å²) in [5, 5.41) is 12.7. The number of rotatable bonds is 5. The Labute approximate surface area is 113 Å². The molecule has 1 atom stereocenters. The number of hydrogen-bond donors (Lipinski definition) is 2. The van der Waals surface area contributed by atoms with Crippen LogP contribution in [0.25, 0.3) is 0 Å². The molecule has 104 valence electrons. The third-order valence-electron chi connectivity index (χ3n) is 3.36. The third kappa shape index (κ3) is 3.53. The molecule has 1 aliphatic heterocycles. The lowest BCUT2D eigenvalue weighted by Gasteiger charge is -2.32. The molecule has 0 aromatic heterocycles. The predicted octanol–water partition coefficient (Wildman–Crippen LogP) is 0.864. The summed E-state index contributed by atoms with van der Waals surface area (Å²) >= 11 is 0. The number of benzene rings is 1. The highest BCUT2D eigenvalue weighted by atomic mass is 16.5. The fourth-order valence-corrected chi connectivity index (χ4v) is 2.41. The highest BCUT2D eigenvalue weighted by Crippen LogP contribution is 2.22. The molecule has 0 radical (unpaired) electrons. The van der Waals surface area contributed by atoms with Crippen LogP contribution in [0.1, 0.15) is 17.2 Å². The van der Waals surface area contributed by atoms with Gasteiger partial charge in [-0.15, -0.1) is 0 Å². The fraction of sp³-hybridized carbons (Fsp3) is 0.500. The lowest BCUT2D eigenvalue weighted by molar-refractivity contribution is -0.143. The first kappa shape index (κ1) is 14.0. The molecular formula is C14H20N2O3. The molecule has 1 unspecified atom stereocenters. The first-order valence-corrected chi connectivity index (χ1v) is 6.47. The summed E-state index contributed by atoms with van der Waals surface area (Å²) in [5.41, 5.74) is 1.88. The van der Waals surface area contributed by atoms with Gasteiger partial charge in [-0.05, 0) is 11.1 Å². The van der Waals surface area contributed by atoms with Gasteiger partial charge in [0.25, 0.3) is 0 Å². The van der Waals surface area contributed by atoms with Crippen molar-refractivity contribution in [1.29, 1.82) is 0 Å². The number of aliphatic carboxylic acids is 1. The molecule has 19 heavy (non-hydrogen) atoms. The lowest BCUT2D eigenvalue weighted by atomic mass is 10.0. The van der Waals surface area contributed by atoms with Crippen molar-refractivity contribution in [3.63, 3.8) is 0 Å². The van der Waals surface area contributed by atoms with Crippen molar-refractivity contribution in [1.82, 2.24) is 10.2 Å². The number of methoxy groups -OCH3 is 1. The minimum absolute atomic E-state index is 0.547. The van der Waals surface area contributed by atoms with E-state index < -0.39 is 12.0 Å².